The zero-order valence-electron chi connectivity index (χ0n) is 13.9. The predicted octanol–water partition coefficient (Wildman–Crippen LogP) is 4.77. The van der Waals surface area contributed by atoms with Gasteiger partial charge in [0.1, 0.15) is 0 Å². The molecule has 0 bridgehead atoms. The molecule has 21 heavy (non-hydrogen) atoms. The molecule has 124 valence electrons. The van der Waals surface area contributed by atoms with Gasteiger partial charge in [-0.25, -0.2) is 0 Å². The van der Waals surface area contributed by atoms with Gasteiger partial charge in [0, 0.05) is 23.7 Å². The lowest BCUT2D eigenvalue weighted by Gasteiger charge is -2.25. The number of hydrogen-bond donors (Lipinski definition) is 1. The number of nitrogens with one attached hydrogen (secondary N) is 1. The van der Waals surface area contributed by atoms with E-state index in [9.17, 15) is 0 Å². The van der Waals surface area contributed by atoms with Crippen molar-refractivity contribution in [1.82, 2.24) is 5.32 Å². The fourth-order valence-electron chi connectivity index (χ4n) is 3.54. The van der Waals surface area contributed by atoms with E-state index in [4.69, 9.17) is 4.74 Å². The Morgan fingerprint density at radius 3 is 2.71 bits per heavy atom. The SMILES string of the molecule is CCCNC(CCCC1CCCO1)CSC1CCCCC1. The molecule has 0 aromatic heterocycles. The molecule has 1 saturated carbocycles. The van der Waals surface area contributed by atoms with E-state index < -0.39 is 0 Å². The Morgan fingerprint density at radius 1 is 1.14 bits per heavy atom. The lowest BCUT2D eigenvalue weighted by molar-refractivity contribution is 0.101. The first-order valence-electron chi connectivity index (χ1n) is 9.35. The molecule has 1 N–H and O–H groups in total. The van der Waals surface area contributed by atoms with Gasteiger partial charge in [-0.3, -0.25) is 0 Å². The summed E-state index contributed by atoms with van der Waals surface area (Å²) in [6.45, 7) is 4.44. The Kier molecular flexibility index (Phi) is 9.15. The van der Waals surface area contributed by atoms with E-state index in [1.165, 1.54) is 82.9 Å². The maximum absolute atomic E-state index is 5.75. The summed E-state index contributed by atoms with van der Waals surface area (Å²) in [6, 6.07) is 0.721. The van der Waals surface area contributed by atoms with Crippen molar-refractivity contribution in [2.45, 2.75) is 94.9 Å². The lowest BCUT2D eigenvalue weighted by atomic mass is 10.0. The maximum Gasteiger partial charge on any atom is 0.0576 e. The fraction of sp³-hybridized carbons (Fsp3) is 1.00. The molecule has 0 radical (unpaired) electrons. The summed E-state index contributed by atoms with van der Waals surface area (Å²) in [5.74, 6) is 1.32. The van der Waals surface area contributed by atoms with Crippen molar-refractivity contribution in [1.29, 1.82) is 0 Å². The standard InChI is InChI=1S/C18H35NOS/c1-2-13-19-16(8-6-9-17-10-7-14-20-17)15-21-18-11-4-3-5-12-18/h16-19H,2-15H2,1H3. The second-order valence-electron chi connectivity index (χ2n) is 6.81. The van der Waals surface area contributed by atoms with Gasteiger partial charge >= 0.3 is 0 Å². The molecule has 2 rings (SSSR count). The lowest BCUT2D eigenvalue weighted by Crippen LogP contribution is -2.33. The summed E-state index contributed by atoms with van der Waals surface area (Å²) >= 11 is 2.24. The molecule has 2 fully saturated rings. The average Bonchev–Trinajstić information content (AvgIpc) is 3.04. The van der Waals surface area contributed by atoms with Crippen molar-refractivity contribution in [3.05, 3.63) is 0 Å². The van der Waals surface area contributed by atoms with Crippen LogP contribution in [0.1, 0.15) is 77.6 Å². The van der Waals surface area contributed by atoms with Crippen LogP contribution >= 0.6 is 11.8 Å². The molecule has 2 atom stereocenters. The molecule has 1 saturated heterocycles. The summed E-state index contributed by atoms with van der Waals surface area (Å²) in [4.78, 5) is 0. The van der Waals surface area contributed by atoms with E-state index in [1.807, 2.05) is 0 Å². The van der Waals surface area contributed by atoms with Gasteiger partial charge in [0.05, 0.1) is 6.10 Å². The van der Waals surface area contributed by atoms with E-state index >= 15 is 0 Å². The molecular formula is C18H35NOS. The molecule has 2 aliphatic rings. The van der Waals surface area contributed by atoms with E-state index in [2.05, 4.69) is 24.0 Å². The van der Waals surface area contributed by atoms with E-state index in [-0.39, 0.29) is 0 Å². The number of ether oxygens (including phenoxy) is 1. The minimum Gasteiger partial charge on any atom is -0.378 e. The Balaban J connectivity index is 1.61. The van der Waals surface area contributed by atoms with Crippen molar-refractivity contribution in [3.63, 3.8) is 0 Å². The Morgan fingerprint density at radius 2 is 2.00 bits per heavy atom. The van der Waals surface area contributed by atoms with Crippen LogP contribution in [0.2, 0.25) is 0 Å². The van der Waals surface area contributed by atoms with Crippen molar-refractivity contribution in [2.75, 3.05) is 18.9 Å². The highest BCUT2D eigenvalue weighted by Crippen LogP contribution is 2.29. The topological polar surface area (TPSA) is 21.3 Å². The molecule has 1 aliphatic carbocycles. The van der Waals surface area contributed by atoms with Crippen molar-refractivity contribution < 1.29 is 4.74 Å². The van der Waals surface area contributed by atoms with Gasteiger partial charge in [0.2, 0.25) is 0 Å². The first kappa shape index (κ1) is 17.6. The molecule has 2 nitrogen and oxygen atoms in total. The van der Waals surface area contributed by atoms with Crippen LogP contribution in [-0.4, -0.2) is 36.3 Å². The summed E-state index contributed by atoms with van der Waals surface area (Å²) in [7, 11) is 0. The molecule has 0 amide bonds. The van der Waals surface area contributed by atoms with Crippen LogP contribution in [0.25, 0.3) is 0 Å². The normalized spacial score (nSPS) is 25.3. The Bertz CT molecular complexity index is 250. The highest BCUT2D eigenvalue weighted by molar-refractivity contribution is 7.99. The van der Waals surface area contributed by atoms with Gasteiger partial charge in [0.25, 0.3) is 0 Å². The molecular weight excluding hydrogens is 278 g/mol. The molecule has 1 heterocycles. The molecule has 0 aromatic rings. The highest BCUT2D eigenvalue weighted by atomic mass is 32.2. The van der Waals surface area contributed by atoms with Crippen LogP contribution in [0.3, 0.4) is 0 Å². The van der Waals surface area contributed by atoms with Crippen molar-refractivity contribution in [2.24, 2.45) is 0 Å². The quantitative estimate of drug-likeness (QED) is 0.628. The van der Waals surface area contributed by atoms with Gasteiger partial charge in [-0.05, 0) is 57.9 Å². The Hall–Kier alpha value is 0.270. The van der Waals surface area contributed by atoms with Crippen molar-refractivity contribution in [3.8, 4) is 0 Å². The van der Waals surface area contributed by atoms with Gasteiger partial charge < -0.3 is 10.1 Å². The van der Waals surface area contributed by atoms with E-state index in [1.54, 1.807) is 0 Å². The number of rotatable bonds is 10. The van der Waals surface area contributed by atoms with Crippen LogP contribution in [0.4, 0.5) is 0 Å². The second kappa shape index (κ2) is 10.9. The highest BCUT2D eigenvalue weighted by Gasteiger charge is 2.18. The summed E-state index contributed by atoms with van der Waals surface area (Å²) in [5.41, 5.74) is 0. The first-order valence-corrected chi connectivity index (χ1v) is 10.4. The van der Waals surface area contributed by atoms with E-state index in [0.29, 0.717) is 6.10 Å². The number of thioether (sulfide) groups is 1. The Labute approximate surface area is 136 Å². The van der Waals surface area contributed by atoms with Crippen LogP contribution in [0.15, 0.2) is 0 Å². The monoisotopic (exact) mass is 313 g/mol. The van der Waals surface area contributed by atoms with Crippen LogP contribution < -0.4 is 5.32 Å². The van der Waals surface area contributed by atoms with Crippen LogP contribution in [-0.2, 0) is 4.74 Å². The summed E-state index contributed by atoms with van der Waals surface area (Å²) in [5, 5.41) is 4.72. The maximum atomic E-state index is 5.75. The third-order valence-corrected chi connectivity index (χ3v) is 6.41. The predicted molar refractivity (Wildman–Crippen MR) is 94.2 cm³/mol. The third-order valence-electron chi connectivity index (χ3n) is 4.87. The molecule has 0 aromatic carbocycles. The third kappa shape index (κ3) is 7.38. The van der Waals surface area contributed by atoms with E-state index in [0.717, 1.165) is 17.9 Å². The summed E-state index contributed by atoms with van der Waals surface area (Å²) in [6.07, 6.45) is 15.6. The van der Waals surface area contributed by atoms with Crippen molar-refractivity contribution >= 4 is 11.8 Å². The smallest absolute Gasteiger partial charge is 0.0576 e. The number of hydrogen-bond acceptors (Lipinski definition) is 3. The minimum absolute atomic E-state index is 0.572. The molecule has 2 unspecified atom stereocenters. The van der Waals surface area contributed by atoms with Crippen LogP contribution in [0.5, 0.6) is 0 Å². The second-order valence-corrected chi connectivity index (χ2v) is 8.14. The van der Waals surface area contributed by atoms with Gasteiger partial charge in [-0.1, -0.05) is 26.2 Å². The molecule has 1 aliphatic heterocycles. The largest absolute Gasteiger partial charge is 0.378 e. The fourth-order valence-corrected chi connectivity index (χ4v) is 5.00. The molecule has 3 heteroatoms. The first-order chi connectivity index (χ1) is 10.4. The molecule has 0 spiro atoms. The van der Waals surface area contributed by atoms with Gasteiger partial charge in [-0.15, -0.1) is 0 Å². The van der Waals surface area contributed by atoms with Crippen LogP contribution in [0, 0.1) is 0 Å². The minimum atomic E-state index is 0.572. The zero-order chi connectivity index (χ0) is 14.8. The van der Waals surface area contributed by atoms with Gasteiger partial charge in [-0.2, -0.15) is 11.8 Å². The zero-order valence-corrected chi connectivity index (χ0v) is 14.8. The van der Waals surface area contributed by atoms with Gasteiger partial charge in [0.15, 0.2) is 0 Å². The summed E-state index contributed by atoms with van der Waals surface area (Å²) < 4.78 is 5.75. The average molecular weight is 314 g/mol.